The first-order chi connectivity index (χ1) is 26.1. The van der Waals surface area contributed by atoms with Crippen LogP contribution in [0, 0.1) is 0 Å². The number of hydrogen-bond donors (Lipinski definition) is 0. The summed E-state index contributed by atoms with van der Waals surface area (Å²) in [7, 11) is 0. The highest BCUT2D eigenvalue weighted by atomic mass is 79.9. The van der Waals surface area contributed by atoms with Gasteiger partial charge in [0.1, 0.15) is 0 Å². The Morgan fingerprint density at radius 1 is 0.283 bits per heavy atom. The number of nitrogens with zero attached hydrogens (tertiary/aromatic N) is 1. The largest absolute Gasteiger partial charge is 0.310 e. The van der Waals surface area contributed by atoms with Crippen molar-refractivity contribution in [2.75, 3.05) is 4.90 Å². The molecule has 2 spiro atoms. The van der Waals surface area contributed by atoms with Crippen molar-refractivity contribution in [3.05, 3.63) is 242 Å². The van der Waals surface area contributed by atoms with E-state index in [-0.39, 0.29) is 0 Å². The summed E-state index contributed by atoms with van der Waals surface area (Å²) in [5, 5.41) is 0. The van der Waals surface area contributed by atoms with Crippen LogP contribution in [0.1, 0.15) is 44.5 Å². The highest BCUT2D eigenvalue weighted by molar-refractivity contribution is 9.10. The fraction of sp³-hybridized carbons (Fsp3) is 0.0400. The maximum absolute atomic E-state index is 3.69. The van der Waals surface area contributed by atoms with E-state index in [0.717, 1.165) is 26.0 Å². The van der Waals surface area contributed by atoms with E-state index in [4.69, 9.17) is 0 Å². The van der Waals surface area contributed by atoms with Gasteiger partial charge in [0.25, 0.3) is 0 Å². The van der Waals surface area contributed by atoms with Gasteiger partial charge in [0.15, 0.2) is 0 Å². The quantitative estimate of drug-likeness (QED) is 0.172. The van der Waals surface area contributed by atoms with E-state index in [2.05, 4.69) is 225 Å². The van der Waals surface area contributed by atoms with Crippen LogP contribution in [0.25, 0.3) is 22.3 Å². The Hall–Kier alpha value is -5.48. The van der Waals surface area contributed by atoms with Gasteiger partial charge in [-0.1, -0.05) is 159 Å². The number of halogens is 2. The van der Waals surface area contributed by atoms with Gasteiger partial charge in [-0.15, -0.1) is 0 Å². The van der Waals surface area contributed by atoms with Gasteiger partial charge in [-0.2, -0.15) is 0 Å². The predicted molar refractivity (Wildman–Crippen MR) is 225 cm³/mol. The molecule has 3 heteroatoms. The summed E-state index contributed by atoms with van der Waals surface area (Å²) in [6.45, 7) is 0. The molecule has 250 valence electrons. The first kappa shape index (κ1) is 31.1. The lowest BCUT2D eigenvalue weighted by atomic mass is 9.52. The lowest BCUT2D eigenvalue weighted by Gasteiger charge is -2.49. The van der Waals surface area contributed by atoms with E-state index in [1.165, 1.54) is 66.8 Å². The normalized spacial score (nSPS) is 14.5. The summed E-state index contributed by atoms with van der Waals surface area (Å²) in [5.74, 6) is 0. The molecular weight excluding hydrogens is 774 g/mol. The standard InChI is InChI=1S/C50H31Br2N/c51-32-21-25-34(26-22-32)53(35-27-23-33(52)24-28-35)36-29-30-47-48(31-36)50(43-17-7-3-13-39(43)40-14-4-8-18-44(40)50)46-20-10-9-19-45(46)49(47)41-15-5-1-11-37(41)38-12-2-6-16-42(38)49/h1-31H. The Morgan fingerprint density at radius 2 is 0.585 bits per heavy atom. The summed E-state index contributed by atoms with van der Waals surface area (Å²) in [5.41, 5.74) is 18.2. The zero-order valence-electron chi connectivity index (χ0n) is 28.6. The van der Waals surface area contributed by atoms with Gasteiger partial charge in [0.05, 0.1) is 10.8 Å². The Morgan fingerprint density at radius 3 is 0.981 bits per heavy atom. The van der Waals surface area contributed by atoms with Crippen molar-refractivity contribution in [1.29, 1.82) is 0 Å². The first-order valence-electron chi connectivity index (χ1n) is 18.1. The smallest absolute Gasteiger partial charge is 0.0720 e. The molecule has 0 saturated carbocycles. The van der Waals surface area contributed by atoms with Crippen molar-refractivity contribution in [3.63, 3.8) is 0 Å². The average molecular weight is 806 g/mol. The first-order valence-corrected chi connectivity index (χ1v) is 19.7. The molecule has 11 rings (SSSR count). The van der Waals surface area contributed by atoms with Gasteiger partial charge in [-0.3, -0.25) is 0 Å². The zero-order chi connectivity index (χ0) is 35.3. The molecule has 0 unspecified atom stereocenters. The van der Waals surface area contributed by atoms with E-state index in [9.17, 15) is 0 Å². The van der Waals surface area contributed by atoms with Crippen molar-refractivity contribution >= 4 is 48.9 Å². The van der Waals surface area contributed by atoms with Gasteiger partial charge >= 0.3 is 0 Å². The Bertz CT molecular complexity index is 2630. The molecule has 0 aromatic heterocycles. The fourth-order valence-corrected chi connectivity index (χ4v) is 10.5. The van der Waals surface area contributed by atoms with Crippen LogP contribution >= 0.6 is 31.9 Å². The second-order valence-corrected chi connectivity index (χ2v) is 16.1. The topological polar surface area (TPSA) is 3.24 Å². The third-order valence-electron chi connectivity index (χ3n) is 11.9. The molecule has 53 heavy (non-hydrogen) atoms. The summed E-state index contributed by atoms with van der Waals surface area (Å²) in [6.07, 6.45) is 0. The molecule has 0 atom stereocenters. The summed E-state index contributed by atoms with van der Waals surface area (Å²) >= 11 is 7.38. The number of benzene rings is 8. The van der Waals surface area contributed by atoms with Crippen molar-refractivity contribution in [2.24, 2.45) is 0 Å². The van der Waals surface area contributed by atoms with Crippen LogP contribution in [0.4, 0.5) is 17.1 Å². The highest BCUT2D eigenvalue weighted by Gasteiger charge is 2.59. The lowest BCUT2D eigenvalue weighted by Crippen LogP contribution is -2.43. The van der Waals surface area contributed by atoms with Crippen molar-refractivity contribution in [3.8, 4) is 22.3 Å². The maximum atomic E-state index is 3.69. The SMILES string of the molecule is Brc1ccc(N(c2ccc(Br)cc2)c2ccc3c(c2)C2(c4ccccc4-c4ccccc42)c2ccccc2C32c3ccccc3-c3ccccc32)cc1. The molecular formula is C50H31Br2N. The predicted octanol–water partition coefficient (Wildman–Crippen LogP) is 13.7. The van der Waals surface area contributed by atoms with Crippen LogP contribution in [-0.2, 0) is 10.8 Å². The van der Waals surface area contributed by atoms with Gasteiger partial charge < -0.3 is 4.90 Å². The monoisotopic (exact) mass is 803 g/mol. The van der Waals surface area contributed by atoms with Crippen LogP contribution < -0.4 is 4.90 Å². The Kier molecular flexibility index (Phi) is 6.75. The molecule has 3 aliphatic carbocycles. The molecule has 0 N–H and O–H groups in total. The highest BCUT2D eigenvalue weighted by Crippen LogP contribution is 2.67. The van der Waals surface area contributed by atoms with Crippen LogP contribution in [0.5, 0.6) is 0 Å². The molecule has 8 aromatic carbocycles. The van der Waals surface area contributed by atoms with Crippen molar-refractivity contribution in [1.82, 2.24) is 0 Å². The molecule has 0 bridgehead atoms. The van der Waals surface area contributed by atoms with E-state index in [0.29, 0.717) is 0 Å². The molecule has 0 radical (unpaired) electrons. The minimum Gasteiger partial charge on any atom is -0.310 e. The van der Waals surface area contributed by atoms with E-state index in [1.807, 2.05) is 0 Å². The Balaban J connectivity index is 1.32. The summed E-state index contributed by atoms with van der Waals surface area (Å²) < 4.78 is 2.11. The average Bonchev–Trinajstić information content (AvgIpc) is 3.67. The van der Waals surface area contributed by atoms with E-state index < -0.39 is 10.8 Å². The van der Waals surface area contributed by atoms with Gasteiger partial charge in [-0.05, 0) is 127 Å². The van der Waals surface area contributed by atoms with Gasteiger partial charge in [0, 0.05) is 26.0 Å². The van der Waals surface area contributed by atoms with Crippen LogP contribution in [0.15, 0.2) is 197 Å². The second-order valence-electron chi connectivity index (χ2n) is 14.2. The number of fused-ring (bicyclic) bond motifs is 16. The molecule has 0 fully saturated rings. The van der Waals surface area contributed by atoms with E-state index >= 15 is 0 Å². The van der Waals surface area contributed by atoms with Gasteiger partial charge in [-0.25, -0.2) is 0 Å². The van der Waals surface area contributed by atoms with Crippen molar-refractivity contribution < 1.29 is 0 Å². The molecule has 0 amide bonds. The third kappa shape index (κ3) is 4.07. The lowest BCUT2D eigenvalue weighted by molar-refractivity contribution is 0.633. The third-order valence-corrected chi connectivity index (χ3v) is 12.9. The minimum absolute atomic E-state index is 0.505. The zero-order valence-corrected chi connectivity index (χ0v) is 31.8. The van der Waals surface area contributed by atoms with Crippen LogP contribution in [0.3, 0.4) is 0 Å². The van der Waals surface area contributed by atoms with Crippen molar-refractivity contribution in [2.45, 2.75) is 10.8 Å². The van der Waals surface area contributed by atoms with Crippen LogP contribution in [0.2, 0.25) is 0 Å². The molecule has 3 aliphatic rings. The number of rotatable bonds is 3. The molecule has 8 aromatic rings. The Labute approximate surface area is 326 Å². The molecule has 0 aliphatic heterocycles. The minimum atomic E-state index is -0.544. The van der Waals surface area contributed by atoms with Gasteiger partial charge in [0.2, 0.25) is 0 Å². The van der Waals surface area contributed by atoms with E-state index in [1.54, 1.807) is 0 Å². The number of hydrogen-bond acceptors (Lipinski definition) is 1. The number of anilines is 3. The fourth-order valence-electron chi connectivity index (χ4n) is 9.99. The summed E-state index contributed by atoms with van der Waals surface area (Å²) in [4.78, 5) is 2.39. The maximum Gasteiger partial charge on any atom is 0.0720 e. The molecule has 0 saturated heterocycles. The summed E-state index contributed by atoms with van der Waals surface area (Å²) in [6, 6.07) is 70.3. The molecule has 1 nitrogen and oxygen atoms in total. The second kappa shape index (κ2) is 11.5. The molecule has 0 heterocycles. The van der Waals surface area contributed by atoms with Crippen LogP contribution in [-0.4, -0.2) is 0 Å².